The molecule has 0 spiro atoms. The van der Waals surface area contributed by atoms with Gasteiger partial charge in [0.2, 0.25) is 5.91 Å². The highest BCUT2D eigenvalue weighted by Gasteiger charge is 1.98. The van der Waals surface area contributed by atoms with E-state index >= 15 is 0 Å². The fraction of sp³-hybridized carbons (Fsp3) is 0.308. The standard InChI is InChI=1S/C13H16N2O2/c1-10(16)13-7-12(8-14-9-13)5-3-4-6-15-11(2)17/h3,5,7-9H,4,6H2,1-2H3,(H,15,17). The summed E-state index contributed by atoms with van der Waals surface area (Å²) < 4.78 is 0. The zero-order valence-electron chi connectivity index (χ0n) is 10.1. The van der Waals surface area contributed by atoms with Gasteiger partial charge in [0.1, 0.15) is 0 Å². The summed E-state index contributed by atoms with van der Waals surface area (Å²) in [5.41, 5.74) is 1.49. The lowest BCUT2D eigenvalue weighted by Gasteiger charge is -1.98. The molecule has 0 aliphatic rings. The number of carbonyl (C=O) groups excluding carboxylic acids is 2. The molecule has 90 valence electrons. The topological polar surface area (TPSA) is 59.1 Å². The molecule has 0 saturated carbocycles. The van der Waals surface area contributed by atoms with E-state index in [0.29, 0.717) is 12.1 Å². The highest BCUT2D eigenvalue weighted by atomic mass is 16.1. The first kappa shape index (κ1) is 13.1. The normalized spacial score (nSPS) is 10.5. The van der Waals surface area contributed by atoms with Crippen LogP contribution in [-0.2, 0) is 4.79 Å². The van der Waals surface area contributed by atoms with Crippen molar-refractivity contribution >= 4 is 17.8 Å². The largest absolute Gasteiger partial charge is 0.356 e. The third kappa shape index (κ3) is 5.06. The predicted molar refractivity (Wildman–Crippen MR) is 66.6 cm³/mol. The van der Waals surface area contributed by atoms with Crippen LogP contribution in [0.4, 0.5) is 0 Å². The molecule has 0 fully saturated rings. The number of hydrogen-bond donors (Lipinski definition) is 1. The quantitative estimate of drug-likeness (QED) is 0.622. The first-order valence-electron chi connectivity index (χ1n) is 5.46. The van der Waals surface area contributed by atoms with E-state index < -0.39 is 0 Å². The third-order valence-electron chi connectivity index (χ3n) is 2.16. The van der Waals surface area contributed by atoms with E-state index in [-0.39, 0.29) is 11.7 Å². The molecule has 1 aromatic rings. The molecule has 0 radical (unpaired) electrons. The Labute approximate surface area is 101 Å². The average Bonchev–Trinajstić information content (AvgIpc) is 2.28. The lowest BCUT2D eigenvalue weighted by molar-refractivity contribution is -0.118. The molecule has 1 aromatic heterocycles. The van der Waals surface area contributed by atoms with E-state index in [1.54, 1.807) is 18.5 Å². The Balaban J connectivity index is 2.50. The molecule has 0 aliphatic carbocycles. The molecule has 0 aliphatic heterocycles. The third-order valence-corrected chi connectivity index (χ3v) is 2.16. The second-order valence-corrected chi connectivity index (χ2v) is 3.74. The molecular weight excluding hydrogens is 216 g/mol. The van der Waals surface area contributed by atoms with E-state index in [4.69, 9.17) is 0 Å². The van der Waals surface area contributed by atoms with Gasteiger partial charge in [-0.1, -0.05) is 12.2 Å². The molecule has 4 heteroatoms. The van der Waals surface area contributed by atoms with Gasteiger partial charge in [-0.2, -0.15) is 0 Å². The van der Waals surface area contributed by atoms with Crippen LogP contribution in [0.3, 0.4) is 0 Å². The zero-order chi connectivity index (χ0) is 12.7. The van der Waals surface area contributed by atoms with Crippen LogP contribution in [-0.4, -0.2) is 23.2 Å². The van der Waals surface area contributed by atoms with Crippen LogP contribution >= 0.6 is 0 Å². The molecule has 4 nitrogen and oxygen atoms in total. The van der Waals surface area contributed by atoms with E-state index in [1.165, 1.54) is 13.8 Å². The second kappa shape index (κ2) is 6.58. The molecule has 1 rings (SSSR count). The molecular formula is C13H16N2O2. The number of aromatic nitrogens is 1. The van der Waals surface area contributed by atoms with E-state index in [2.05, 4.69) is 10.3 Å². The van der Waals surface area contributed by atoms with Crippen LogP contribution in [0.1, 0.15) is 36.2 Å². The lowest BCUT2D eigenvalue weighted by Crippen LogP contribution is -2.20. The molecule has 0 bridgehead atoms. The van der Waals surface area contributed by atoms with Crippen LogP contribution in [0.15, 0.2) is 24.5 Å². The van der Waals surface area contributed by atoms with Crippen molar-refractivity contribution in [3.63, 3.8) is 0 Å². The number of Topliss-reactive ketones (excluding diaryl/α,β-unsaturated/α-hetero) is 1. The smallest absolute Gasteiger partial charge is 0.216 e. The van der Waals surface area contributed by atoms with E-state index in [1.807, 2.05) is 12.2 Å². The Hall–Kier alpha value is -1.97. The van der Waals surface area contributed by atoms with Crippen molar-refractivity contribution in [1.29, 1.82) is 0 Å². The fourth-order valence-corrected chi connectivity index (χ4v) is 1.29. The summed E-state index contributed by atoms with van der Waals surface area (Å²) in [7, 11) is 0. The van der Waals surface area contributed by atoms with Crippen molar-refractivity contribution in [2.75, 3.05) is 6.54 Å². The van der Waals surface area contributed by atoms with Crippen molar-refractivity contribution < 1.29 is 9.59 Å². The van der Waals surface area contributed by atoms with Crippen molar-refractivity contribution in [2.45, 2.75) is 20.3 Å². The average molecular weight is 232 g/mol. The van der Waals surface area contributed by atoms with Crippen molar-refractivity contribution in [1.82, 2.24) is 10.3 Å². The molecule has 1 N–H and O–H groups in total. The summed E-state index contributed by atoms with van der Waals surface area (Å²) in [6.45, 7) is 3.62. The summed E-state index contributed by atoms with van der Waals surface area (Å²) >= 11 is 0. The molecule has 0 aromatic carbocycles. The maximum absolute atomic E-state index is 11.1. The molecule has 1 heterocycles. The van der Waals surface area contributed by atoms with E-state index in [9.17, 15) is 9.59 Å². The van der Waals surface area contributed by atoms with Crippen LogP contribution in [0.25, 0.3) is 6.08 Å². The van der Waals surface area contributed by atoms with E-state index in [0.717, 1.165) is 12.0 Å². The molecule has 0 atom stereocenters. The van der Waals surface area contributed by atoms with Crippen molar-refractivity contribution in [3.05, 3.63) is 35.7 Å². The lowest BCUT2D eigenvalue weighted by atomic mass is 10.1. The fourth-order valence-electron chi connectivity index (χ4n) is 1.29. The summed E-state index contributed by atoms with van der Waals surface area (Å²) in [5.74, 6) is -0.0235. The highest BCUT2D eigenvalue weighted by Crippen LogP contribution is 2.05. The Morgan fingerprint density at radius 2 is 2.12 bits per heavy atom. The van der Waals surface area contributed by atoms with Crippen LogP contribution in [0.2, 0.25) is 0 Å². The minimum absolute atomic E-state index is 0.00555. The maximum Gasteiger partial charge on any atom is 0.216 e. The van der Waals surface area contributed by atoms with Gasteiger partial charge in [-0.05, 0) is 25.0 Å². The number of rotatable bonds is 5. The first-order chi connectivity index (χ1) is 8.09. The van der Waals surface area contributed by atoms with Gasteiger partial charge in [-0.3, -0.25) is 14.6 Å². The number of pyridine rings is 1. The Morgan fingerprint density at radius 1 is 1.35 bits per heavy atom. The monoisotopic (exact) mass is 232 g/mol. The maximum atomic E-state index is 11.1. The predicted octanol–water partition coefficient (Wildman–Crippen LogP) is 1.82. The number of nitrogens with one attached hydrogen (secondary N) is 1. The zero-order valence-corrected chi connectivity index (χ0v) is 10.1. The number of carbonyl (C=O) groups is 2. The Bertz CT molecular complexity index is 439. The van der Waals surface area contributed by atoms with Gasteiger partial charge in [0.15, 0.2) is 5.78 Å². The number of ketones is 1. The van der Waals surface area contributed by atoms with Gasteiger partial charge in [-0.25, -0.2) is 0 Å². The van der Waals surface area contributed by atoms with Crippen molar-refractivity contribution in [2.24, 2.45) is 0 Å². The van der Waals surface area contributed by atoms with Gasteiger partial charge in [-0.15, -0.1) is 0 Å². The number of hydrogen-bond acceptors (Lipinski definition) is 3. The number of amides is 1. The minimum atomic E-state index is -0.0290. The van der Waals surface area contributed by atoms with Crippen molar-refractivity contribution in [3.8, 4) is 0 Å². The Kier molecular flexibility index (Phi) is 5.07. The molecule has 0 unspecified atom stereocenters. The van der Waals surface area contributed by atoms with Gasteiger partial charge < -0.3 is 5.32 Å². The highest BCUT2D eigenvalue weighted by molar-refractivity contribution is 5.94. The van der Waals surface area contributed by atoms with Crippen LogP contribution in [0.5, 0.6) is 0 Å². The molecule has 0 saturated heterocycles. The summed E-state index contributed by atoms with van der Waals surface area (Å²) in [5, 5.41) is 2.70. The second-order valence-electron chi connectivity index (χ2n) is 3.74. The van der Waals surface area contributed by atoms with Gasteiger partial charge >= 0.3 is 0 Å². The number of nitrogens with zero attached hydrogens (tertiary/aromatic N) is 1. The molecule has 17 heavy (non-hydrogen) atoms. The summed E-state index contributed by atoms with van der Waals surface area (Å²) in [4.78, 5) is 25.7. The summed E-state index contributed by atoms with van der Waals surface area (Å²) in [6, 6.07) is 1.80. The van der Waals surface area contributed by atoms with Gasteiger partial charge in [0.25, 0.3) is 0 Å². The minimum Gasteiger partial charge on any atom is -0.356 e. The Morgan fingerprint density at radius 3 is 2.76 bits per heavy atom. The molecule has 1 amide bonds. The SMILES string of the molecule is CC(=O)NCCC=Cc1cncc(C(C)=O)c1. The van der Waals surface area contributed by atoms with Gasteiger partial charge in [0, 0.05) is 31.4 Å². The van der Waals surface area contributed by atoms with Crippen LogP contribution in [0, 0.1) is 0 Å². The first-order valence-corrected chi connectivity index (χ1v) is 5.46. The van der Waals surface area contributed by atoms with Gasteiger partial charge in [0.05, 0.1) is 0 Å². The van der Waals surface area contributed by atoms with Crippen LogP contribution < -0.4 is 5.32 Å². The summed E-state index contributed by atoms with van der Waals surface area (Å²) in [6.07, 6.45) is 7.83.